The lowest BCUT2D eigenvalue weighted by Crippen LogP contribution is -2.35. The second kappa shape index (κ2) is 6.47. The summed E-state index contributed by atoms with van der Waals surface area (Å²) in [4.78, 5) is 12.8. The van der Waals surface area contributed by atoms with Gasteiger partial charge in [-0.1, -0.05) is 42.0 Å². The minimum Gasteiger partial charge on any atom is -0.481 e. The fourth-order valence-electron chi connectivity index (χ4n) is 1.79. The van der Waals surface area contributed by atoms with E-state index in [1.54, 1.807) is 0 Å². The predicted molar refractivity (Wildman–Crippen MR) is 75.6 cm³/mol. The van der Waals surface area contributed by atoms with Crippen LogP contribution < -0.4 is 5.73 Å². The molecule has 0 amide bonds. The minimum atomic E-state index is -0.826. The van der Waals surface area contributed by atoms with Gasteiger partial charge in [0.15, 0.2) is 0 Å². The van der Waals surface area contributed by atoms with Gasteiger partial charge in [0.05, 0.1) is 17.5 Å². The van der Waals surface area contributed by atoms with Crippen molar-refractivity contribution < 1.29 is 9.90 Å². The highest BCUT2D eigenvalue weighted by Gasteiger charge is 2.20. The van der Waals surface area contributed by atoms with E-state index >= 15 is 0 Å². The van der Waals surface area contributed by atoms with Crippen LogP contribution in [0, 0.1) is 6.92 Å². The van der Waals surface area contributed by atoms with Gasteiger partial charge in [-0.2, -0.15) is 0 Å². The number of hydrogen-bond donors (Lipinski definition) is 2. The summed E-state index contributed by atoms with van der Waals surface area (Å²) in [6.45, 7) is 2.42. The molecule has 0 radical (unpaired) electrons. The molecule has 0 bridgehead atoms. The highest BCUT2D eigenvalue weighted by Crippen LogP contribution is 2.20. The van der Waals surface area contributed by atoms with Crippen LogP contribution in [0.3, 0.4) is 0 Å². The Balaban J connectivity index is 2.85. The van der Waals surface area contributed by atoms with Gasteiger partial charge in [0.25, 0.3) is 0 Å². The fourth-order valence-corrected chi connectivity index (χ4v) is 2.10. The van der Waals surface area contributed by atoms with E-state index < -0.39 is 5.97 Å². The van der Waals surface area contributed by atoms with E-state index in [-0.39, 0.29) is 12.5 Å². The predicted octanol–water partition coefficient (Wildman–Crippen LogP) is 1.73. The van der Waals surface area contributed by atoms with Crippen molar-refractivity contribution in [3.05, 3.63) is 35.4 Å². The molecule has 3 N–H and O–H groups in total. The van der Waals surface area contributed by atoms with Crippen LogP contribution in [-0.2, 0) is 4.79 Å². The van der Waals surface area contributed by atoms with Crippen LogP contribution >= 0.6 is 12.2 Å². The Kier molecular flexibility index (Phi) is 5.25. The van der Waals surface area contributed by atoms with E-state index in [0.29, 0.717) is 11.5 Å². The fraction of sp³-hybridized carbons (Fsp3) is 0.385. The van der Waals surface area contributed by atoms with Crippen molar-refractivity contribution in [1.82, 2.24) is 4.90 Å². The molecule has 1 unspecified atom stereocenters. The molecule has 98 valence electrons. The normalized spacial score (nSPS) is 12.4. The monoisotopic (exact) mass is 266 g/mol. The maximum atomic E-state index is 10.6. The third-order valence-corrected chi connectivity index (χ3v) is 3.00. The number of carboxylic acid groups (broad SMARTS) is 1. The highest BCUT2D eigenvalue weighted by atomic mass is 32.1. The van der Waals surface area contributed by atoms with Gasteiger partial charge >= 0.3 is 5.97 Å². The average molecular weight is 266 g/mol. The van der Waals surface area contributed by atoms with Crippen molar-refractivity contribution in [2.75, 3.05) is 13.6 Å². The van der Waals surface area contributed by atoms with Crippen LogP contribution in [0.1, 0.15) is 23.6 Å². The zero-order chi connectivity index (χ0) is 13.7. The van der Waals surface area contributed by atoms with Crippen LogP contribution in [-0.4, -0.2) is 34.6 Å². The number of carbonyl (C=O) groups is 1. The lowest BCUT2D eigenvalue weighted by molar-refractivity contribution is -0.137. The molecule has 0 aliphatic carbocycles. The number of hydrogen-bond acceptors (Lipinski definition) is 3. The summed E-state index contributed by atoms with van der Waals surface area (Å²) in [6, 6.07) is 7.70. The van der Waals surface area contributed by atoms with Crippen molar-refractivity contribution in [3.8, 4) is 0 Å². The quantitative estimate of drug-likeness (QED) is 0.768. The Hall–Kier alpha value is -1.46. The number of rotatable bonds is 6. The molecule has 0 heterocycles. The van der Waals surface area contributed by atoms with Crippen LogP contribution in [0.5, 0.6) is 0 Å². The molecule has 0 fully saturated rings. The first kappa shape index (κ1) is 14.6. The number of benzene rings is 1. The molecule has 0 spiro atoms. The molecule has 0 saturated carbocycles. The van der Waals surface area contributed by atoms with Gasteiger partial charge in [-0.05, 0) is 19.5 Å². The molecule has 0 aromatic heterocycles. The molecule has 1 aromatic rings. The Bertz CT molecular complexity index is 431. The maximum absolute atomic E-state index is 10.6. The van der Waals surface area contributed by atoms with E-state index in [2.05, 4.69) is 0 Å². The molecule has 5 heteroatoms. The standard InChI is InChI=1S/C13H18N2O2S/c1-9-3-5-10(6-4-9)12(13(14)18)15(2)8-7-11(16)17/h3-6,12H,7-8H2,1-2H3,(H2,14,18)(H,16,17). The number of carboxylic acids is 1. The highest BCUT2D eigenvalue weighted by molar-refractivity contribution is 7.80. The van der Waals surface area contributed by atoms with E-state index in [4.69, 9.17) is 23.1 Å². The Morgan fingerprint density at radius 2 is 2.00 bits per heavy atom. The van der Waals surface area contributed by atoms with Crippen LogP contribution in [0.4, 0.5) is 0 Å². The van der Waals surface area contributed by atoms with Crippen LogP contribution in [0.2, 0.25) is 0 Å². The molecule has 0 aliphatic rings. The lowest BCUT2D eigenvalue weighted by atomic mass is 10.0. The molecular weight excluding hydrogens is 248 g/mol. The first-order chi connectivity index (χ1) is 8.41. The third-order valence-electron chi connectivity index (χ3n) is 2.78. The van der Waals surface area contributed by atoms with E-state index in [0.717, 1.165) is 11.1 Å². The molecule has 1 rings (SSSR count). The van der Waals surface area contributed by atoms with Gasteiger partial charge in [-0.25, -0.2) is 0 Å². The van der Waals surface area contributed by atoms with Crippen molar-refractivity contribution >= 4 is 23.2 Å². The van der Waals surface area contributed by atoms with E-state index in [9.17, 15) is 4.79 Å². The molecule has 4 nitrogen and oxygen atoms in total. The Morgan fingerprint density at radius 1 is 1.44 bits per heavy atom. The summed E-state index contributed by atoms with van der Waals surface area (Å²) in [7, 11) is 1.83. The molecule has 1 atom stereocenters. The number of likely N-dealkylation sites (N-methyl/N-ethyl adjacent to an activating group) is 1. The zero-order valence-corrected chi connectivity index (χ0v) is 11.4. The average Bonchev–Trinajstić information content (AvgIpc) is 2.29. The van der Waals surface area contributed by atoms with Crippen LogP contribution in [0.15, 0.2) is 24.3 Å². The molecular formula is C13H18N2O2S. The third kappa shape index (κ3) is 4.09. The largest absolute Gasteiger partial charge is 0.481 e. The number of nitrogens with zero attached hydrogens (tertiary/aromatic N) is 1. The summed E-state index contributed by atoms with van der Waals surface area (Å²) in [5.74, 6) is -0.826. The van der Waals surface area contributed by atoms with Crippen molar-refractivity contribution in [2.24, 2.45) is 5.73 Å². The smallest absolute Gasteiger partial charge is 0.304 e. The number of aliphatic carboxylic acids is 1. The number of aryl methyl sites for hydroxylation is 1. The van der Waals surface area contributed by atoms with Crippen molar-refractivity contribution in [3.63, 3.8) is 0 Å². The molecule has 1 aromatic carbocycles. The Labute approximate surface area is 112 Å². The van der Waals surface area contributed by atoms with Crippen molar-refractivity contribution in [1.29, 1.82) is 0 Å². The van der Waals surface area contributed by atoms with E-state index in [1.165, 1.54) is 0 Å². The SMILES string of the molecule is Cc1ccc(C(C(N)=S)N(C)CCC(=O)O)cc1. The summed E-state index contributed by atoms with van der Waals surface area (Å²) in [6.07, 6.45) is 0.0709. The topological polar surface area (TPSA) is 66.6 Å². The minimum absolute atomic E-state index is 0.0709. The summed E-state index contributed by atoms with van der Waals surface area (Å²) in [5, 5.41) is 8.70. The lowest BCUT2D eigenvalue weighted by Gasteiger charge is -2.27. The van der Waals surface area contributed by atoms with Gasteiger partial charge in [0, 0.05) is 6.54 Å². The van der Waals surface area contributed by atoms with Crippen LogP contribution in [0.25, 0.3) is 0 Å². The maximum Gasteiger partial charge on any atom is 0.304 e. The van der Waals surface area contributed by atoms with Gasteiger partial charge in [0.2, 0.25) is 0 Å². The summed E-state index contributed by atoms with van der Waals surface area (Å²) < 4.78 is 0. The van der Waals surface area contributed by atoms with E-state index in [1.807, 2.05) is 43.1 Å². The van der Waals surface area contributed by atoms with Crippen molar-refractivity contribution in [2.45, 2.75) is 19.4 Å². The number of thiocarbonyl (C=S) groups is 1. The molecule has 0 saturated heterocycles. The second-order valence-corrected chi connectivity index (χ2v) is 4.81. The number of nitrogens with two attached hydrogens (primary N) is 1. The Morgan fingerprint density at radius 3 is 2.44 bits per heavy atom. The first-order valence-electron chi connectivity index (χ1n) is 5.69. The summed E-state index contributed by atoms with van der Waals surface area (Å²) in [5.41, 5.74) is 7.90. The van der Waals surface area contributed by atoms with Gasteiger partial charge in [-0.3, -0.25) is 9.69 Å². The van der Waals surface area contributed by atoms with Gasteiger partial charge in [-0.15, -0.1) is 0 Å². The van der Waals surface area contributed by atoms with Gasteiger partial charge < -0.3 is 10.8 Å². The second-order valence-electron chi connectivity index (χ2n) is 4.34. The zero-order valence-electron chi connectivity index (χ0n) is 10.6. The molecule has 18 heavy (non-hydrogen) atoms. The van der Waals surface area contributed by atoms with Gasteiger partial charge in [0.1, 0.15) is 0 Å². The first-order valence-corrected chi connectivity index (χ1v) is 6.10. The molecule has 0 aliphatic heterocycles. The summed E-state index contributed by atoms with van der Waals surface area (Å²) >= 11 is 5.08.